The van der Waals surface area contributed by atoms with Crippen LogP contribution in [0.15, 0.2) is 65.2 Å². The molecule has 1 amide bonds. The van der Waals surface area contributed by atoms with Gasteiger partial charge >= 0.3 is 0 Å². The van der Waals surface area contributed by atoms with Crippen LogP contribution in [0.4, 0.5) is 5.69 Å². The van der Waals surface area contributed by atoms with E-state index < -0.39 is 0 Å². The lowest BCUT2D eigenvalue weighted by Gasteiger charge is -2.06. The lowest BCUT2D eigenvalue weighted by atomic mass is 10.2. The molecule has 8 nitrogen and oxygen atoms in total. The van der Waals surface area contributed by atoms with Crippen molar-refractivity contribution in [3.63, 3.8) is 0 Å². The summed E-state index contributed by atoms with van der Waals surface area (Å²) in [6.07, 6.45) is 1.77. The van der Waals surface area contributed by atoms with Crippen LogP contribution in [-0.2, 0) is 13.2 Å². The van der Waals surface area contributed by atoms with E-state index in [9.17, 15) is 4.79 Å². The summed E-state index contributed by atoms with van der Waals surface area (Å²) in [6, 6.07) is 15.8. The SMILES string of the molecule is CCn1ccc(C(=O)Nc2ccc(OCc3nnc(-c4ccc(Cl)cc4)o3)cc2)n1. The van der Waals surface area contributed by atoms with Crippen LogP contribution in [0.5, 0.6) is 5.75 Å². The Balaban J connectivity index is 1.32. The molecule has 4 aromatic rings. The molecule has 4 rings (SSSR count). The van der Waals surface area contributed by atoms with Crippen molar-refractivity contribution in [1.82, 2.24) is 20.0 Å². The fraction of sp³-hybridized carbons (Fsp3) is 0.143. The van der Waals surface area contributed by atoms with Gasteiger partial charge in [-0.25, -0.2) is 0 Å². The van der Waals surface area contributed by atoms with E-state index in [4.69, 9.17) is 20.8 Å². The Hall–Kier alpha value is -3.65. The average Bonchev–Trinajstić information content (AvgIpc) is 3.44. The third-order valence-corrected chi connectivity index (χ3v) is 4.48. The first kappa shape index (κ1) is 19.7. The predicted octanol–water partition coefficient (Wildman–Crippen LogP) is 4.44. The monoisotopic (exact) mass is 423 g/mol. The van der Waals surface area contributed by atoms with Crippen LogP contribution in [0, 0.1) is 0 Å². The Morgan fingerprint density at radius 3 is 2.57 bits per heavy atom. The van der Waals surface area contributed by atoms with Gasteiger partial charge in [0.1, 0.15) is 5.75 Å². The van der Waals surface area contributed by atoms with Gasteiger partial charge in [0, 0.05) is 29.0 Å². The molecule has 0 atom stereocenters. The topological polar surface area (TPSA) is 95.1 Å². The van der Waals surface area contributed by atoms with Gasteiger partial charge in [0.2, 0.25) is 5.89 Å². The standard InChI is InChI=1S/C21H18ClN5O3/c1-2-27-12-11-18(26-27)20(28)23-16-7-9-17(10-8-16)29-13-19-24-25-21(30-19)14-3-5-15(22)6-4-14/h3-12H,2,13H2,1H3,(H,23,28). The van der Waals surface area contributed by atoms with E-state index in [2.05, 4.69) is 20.6 Å². The largest absolute Gasteiger partial charge is 0.484 e. The van der Waals surface area contributed by atoms with E-state index in [1.54, 1.807) is 65.5 Å². The molecule has 0 unspecified atom stereocenters. The number of nitrogens with zero attached hydrogens (tertiary/aromatic N) is 4. The summed E-state index contributed by atoms with van der Waals surface area (Å²) < 4.78 is 13.0. The van der Waals surface area contributed by atoms with Crippen molar-refractivity contribution in [2.24, 2.45) is 0 Å². The van der Waals surface area contributed by atoms with Crippen LogP contribution < -0.4 is 10.1 Å². The molecule has 2 aromatic heterocycles. The van der Waals surface area contributed by atoms with Crippen LogP contribution in [0.1, 0.15) is 23.3 Å². The molecular formula is C21H18ClN5O3. The lowest BCUT2D eigenvalue weighted by Crippen LogP contribution is -2.13. The number of nitrogens with one attached hydrogen (secondary N) is 1. The van der Waals surface area contributed by atoms with Gasteiger partial charge in [-0.05, 0) is 61.5 Å². The number of aromatic nitrogens is 4. The zero-order valence-electron chi connectivity index (χ0n) is 16.1. The normalized spacial score (nSPS) is 10.7. The quantitative estimate of drug-likeness (QED) is 0.472. The number of ether oxygens (including phenoxy) is 1. The molecule has 2 aromatic carbocycles. The molecule has 9 heteroatoms. The number of anilines is 1. The Morgan fingerprint density at radius 2 is 1.87 bits per heavy atom. The van der Waals surface area contributed by atoms with Crippen LogP contribution in [0.3, 0.4) is 0 Å². The van der Waals surface area contributed by atoms with Crippen molar-refractivity contribution in [1.29, 1.82) is 0 Å². The fourth-order valence-electron chi connectivity index (χ4n) is 2.65. The number of hydrogen-bond donors (Lipinski definition) is 1. The Bertz CT molecular complexity index is 1140. The van der Waals surface area contributed by atoms with E-state index in [0.29, 0.717) is 40.5 Å². The molecule has 2 heterocycles. The van der Waals surface area contributed by atoms with Gasteiger partial charge in [-0.2, -0.15) is 5.10 Å². The van der Waals surface area contributed by atoms with Crippen molar-refractivity contribution >= 4 is 23.2 Å². The highest BCUT2D eigenvalue weighted by Gasteiger charge is 2.11. The van der Waals surface area contributed by atoms with Crippen molar-refractivity contribution in [3.8, 4) is 17.2 Å². The number of benzene rings is 2. The summed E-state index contributed by atoms with van der Waals surface area (Å²) >= 11 is 5.89. The minimum atomic E-state index is -0.267. The third-order valence-electron chi connectivity index (χ3n) is 4.23. The van der Waals surface area contributed by atoms with Gasteiger partial charge in [0.15, 0.2) is 12.3 Å². The van der Waals surface area contributed by atoms with E-state index in [1.165, 1.54) is 0 Å². The smallest absolute Gasteiger partial charge is 0.276 e. The summed E-state index contributed by atoms with van der Waals surface area (Å²) in [6.45, 7) is 2.79. The number of rotatable bonds is 7. The lowest BCUT2D eigenvalue weighted by molar-refractivity contribution is 0.102. The molecule has 0 saturated heterocycles. The van der Waals surface area contributed by atoms with Crippen molar-refractivity contribution in [3.05, 3.63) is 77.4 Å². The molecule has 0 fully saturated rings. The van der Waals surface area contributed by atoms with Gasteiger partial charge in [0.05, 0.1) is 0 Å². The second kappa shape index (κ2) is 8.79. The molecule has 0 bridgehead atoms. The average molecular weight is 424 g/mol. The summed E-state index contributed by atoms with van der Waals surface area (Å²) in [5, 5.41) is 15.6. The van der Waals surface area contributed by atoms with Crippen LogP contribution in [-0.4, -0.2) is 25.9 Å². The highest BCUT2D eigenvalue weighted by molar-refractivity contribution is 6.30. The van der Waals surface area contributed by atoms with Gasteiger partial charge < -0.3 is 14.5 Å². The maximum atomic E-state index is 12.2. The molecule has 0 aliphatic rings. The molecule has 152 valence electrons. The number of aryl methyl sites for hydroxylation is 1. The highest BCUT2D eigenvalue weighted by Crippen LogP contribution is 2.21. The van der Waals surface area contributed by atoms with Crippen molar-refractivity contribution in [2.45, 2.75) is 20.1 Å². The first-order chi connectivity index (χ1) is 14.6. The maximum absolute atomic E-state index is 12.2. The molecular weight excluding hydrogens is 406 g/mol. The first-order valence-corrected chi connectivity index (χ1v) is 9.64. The number of carbonyl (C=O) groups excluding carboxylic acids is 1. The molecule has 0 aliphatic heterocycles. The van der Waals surface area contributed by atoms with Gasteiger partial charge in [-0.15, -0.1) is 10.2 Å². The maximum Gasteiger partial charge on any atom is 0.276 e. The minimum absolute atomic E-state index is 0.126. The van der Waals surface area contributed by atoms with Crippen LogP contribution in [0.2, 0.25) is 5.02 Å². The molecule has 30 heavy (non-hydrogen) atoms. The van der Waals surface area contributed by atoms with E-state index in [0.717, 1.165) is 5.56 Å². The fourth-order valence-corrected chi connectivity index (χ4v) is 2.78. The van der Waals surface area contributed by atoms with E-state index in [1.807, 2.05) is 6.92 Å². The summed E-state index contributed by atoms with van der Waals surface area (Å²) in [4.78, 5) is 12.2. The number of halogens is 1. The Kier molecular flexibility index (Phi) is 5.76. The molecule has 1 N–H and O–H groups in total. The molecule has 0 aliphatic carbocycles. The summed E-state index contributed by atoms with van der Waals surface area (Å²) in [7, 11) is 0. The number of carbonyl (C=O) groups is 1. The first-order valence-electron chi connectivity index (χ1n) is 9.26. The Labute approximate surface area is 177 Å². The highest BCUT2D eigenvalue weighted by atomic mass is 35.5. The van der Waals surface area contributed by atoms with Crippen molar-refractivity contribution < 1.29 is 13.9 Å². The van der Waals surface area contributed by atoms with Gasteiger partial charge in [0.25, 0.3) is 11.8 Å². The minimum Gasteiger partial charge on any atom is -0.484 e. The van der Waals surface area contributed by atoms with Crippen molar-refractivity contribution in [2.75, 3.05) is 5.32 Å². The Morgan fingerprint density at radius 1 is 1.10 bits per heavy atom. The second-order valence-electron chi connectivity index (χ2n) is 6.33. The number of amides is 1. The number of hydrogen-bond acceptors (Lipinski definition) is 6. The summed E-state index contributed by atoms with van der Waals surface area (Å²) in [5.74, 6) is 1.09. The van der Waals surface area contributed by atoms with Gasteiger partial charge in [-0.1, -0.05) is 11.6 Å². The van der Waals surface area contributed by atoms with E-state index in [-0.39, 0.29) is 12.5 Å². The zero-order valence-corrected chi connectivity index (χ0v) is 16.8. The van der Waals surface area contributed by atoms with E-state index >= 15 is 0 Å². The van der Waals surface area contributed by atoms with Gasteiger partial charge in [-0.3, -0.25) is 9.48 Å². The summed E-state index contributed by atoms with van der Waals surface area (Å²) in [5.41, 5.74) is 1.79. The zero-order chi connectivity index (χ0) is 20.9. The molecule has 0 spiro atoms. The van der Waals surface area contributed by atoms with Crippen LogP contribution >= 0.6 is 11.6 Å². The van der Waals surface area contributed by atoms with Crippen LogP contribution in [0.25, 0.3) is 11.5 Å². The predicted molar refractivity (Wildman–Crippen MR) is 111 cm³/mol. The third kappa shape index (κ3) is 4.66. The molecule has 0 radical (unpaired) electrons. The second-order valence-corrected chi connectivity index (χ2v) is 6.77. The molecule has 0 saturated carbocycles.